The van der Waals surface area contributed by atoms with E-state index < -0.39 is 0 Å². The van der Waals surface area contributed by atoms with E-state index in [2.05, 4.69) is 21.3 Å². The number of hydrogen-bond donors (Lipinski definition) is 0. The molecule has 0 radical (unpaired) electrons. The fraction of sp³-hybridized carbons (Fsp3) is 0.263. The molecule has 0 bridgehead atoms. The van der Waals surface area contributed by atoms with Gasteiger partial charge >= 0.3 is 0 Å². The lowest BCUT2D eigenvalue weighted by Crippen LogP contribution is -2.36. The molecule has 2 aromatic carbocycles. The third-order valence-corrected chi connectivity index (χ3v) is 4.35. The summed E-state index contributed by atoms with van der Waals surface area (Å²) < 4.78 is 12.8. The maximum Gasteiger partial charge on any atom is 0.146 e. The van der Waals surface area contributed by atoms with Crippen molar-refractivity contribution in [1.82, 2.24) is 15.0 Å². The smallest absolute Gasteiger partial charge is 0.146 e. The van der Waals surface area contributed by atoms with Crippen LogP contribution in [-0.4, -0.2) is 48.4 Å². The molecule has 0 spiro atoms. The highest BCUT2D eigenvalue weighted by molar-refractivity contribution is 5.61. The predicted molar refractivity (Wildman–Crippen MR) is 96.4 cm³/mol. The highest BCUT2D eigenvalue weighted by Gasteiger charge is 2.15. The molecule has 25 heavy (non-hydrogen) atoms. The van der Waals surface area contributed by atoms with E-state index in [0.29, 0.717) is 0 Å². The summed E-state index contributed by atoms with van der Waals surface area (Å²) in [4.78, 5) is 2.30. The van der Waals surface area contributed by atoms with Gasteiger partial charge in [-0.25, -0.2) is 4.68 Å². The molecule has 1 aliphatic heterocycles. The Hall–Kier alpha value is -2.86. The molecule has 1 aromatic heterocycles. The van der Waals surface area contributed by atoms with Gasteiger partial charge in [-0.2, -0.15) is 0 Å². The summed E-state index contributed by atoms with van der Waals surface area (Å²) >= 11 is 0. The van der Waals surface area contributed by atoms with Crippen LogP contribution in [0.4, 0.5) is 5.69 Å². The minimum absolute atomic E-state index is 0.758. The van der Waals surface area contributed by atoms with Gasteiger partial charge in [-0.3, -0.25) is 0 Å². The summed E-state index contributed by atoms with van der Waals surface area (Å²) in [6.45, 7) is 3.30. The second kappa shape index (κ2) is 6.94. The van der Waals surface area contributed by atoms with E-state index in [-0.39, 0.29) is 0 Å². The number of ether oxygens (including phenoxy) is 2. The second-order valence-electron chi connectivity index (χ2n) is 5.87. The Bertz CT molecular complexity index is 842. The molecule has 0 aliphatic carbocycles. The molecule has 128 valence electrons. The highest BCUT2D eigenvalue weighted by Crippen LogP contribution is 2.29. The third kappa shape index (κ3) is 3.21. The molecule has 0 N–H and O–H groups in total. The van der Waals surface area contributed by atoms with Crippen molar-refractivity contribution in [3.8, 4) is 22.7 Å². The Kier molecular flexibility index (Phi) is 4.35. The number of nitrogens with zero attached hydrogens (tertiary/aromatic N) is 4. The van der Waals surface area contributed by atoms with Crippen LogP contribution in [0.2, 0.25) is 0 Å². The molecule has 6 nitrogen and oxygen atoms in total. The van der Waals surface area contributed by atoms with Gasteiger partial charge in [0.2, 0.25) is 0 Å². The van der Waals surface area contributed by atoms with Crippen molar-refractivity contribution in [1.29, 1.82) is 0 Å². The number of morpholine rings is 1. The van der Waals surface area contributed by atoms with E-state index in [1.165, 1.54) is 0 Å². The van der Waals surface area contributed by atoms with Crippen LogP contribution in [0.5, 0.6) is 5.75 Å². The van der Waals surface area contributed by atoms with E-state index in [1.54, 1.807) is 11.8 Å². The minimum atomic E-state index is 0.758. The van der Waals surface area contributed by atoms with Gasteiger partial charge in [0.05, 0.1) is 26.5 Å². The lowest BCUT2D eigenvalue weighted by atomic mass is 10.2. The average molecular weight is 336 g/mol. The monoisotopic (exact) mass is 336 g/mol. The number of hydrogen-bond acceptors (Lipinski definition) is 5. The molecule has 4 rings (SSSR count). The van der Waals surface area contributed by atoms with Gasteiger partial charge in [-0.1, -0.05) is 35.5 Å². The highest BCUT2D eigenvalue weighted by atomic mass is 16.5. The zero-order valence-corrected chi connectivity index (χ0v) is 14.1. The summed E-state index contributed by atoms with van der Waals surface area (Å²) in [7, 11) is 1.68. The first-order valence-corrected chi connectivity index (χ1v) is 8.34. The summed E-state index contributed by atoms with van der Waals surface area (Å²) in [6.07, 6.45) is 1.92. The molecular weight excluding hydrogens is 316 g/mol. The molecule has 0 amide bonds. The first-order chi connectivity index (χ1) is 12.3. The van der Waals surface area contributed by atoms with E-state index in [1.807, 2.05) is 48.7 Å². The van der Waals surface area contributed by atoms with Crippen LogP contribution < -0.4 is 9.64 Å². The molecule has 6 heteroatoms. The van der Waals surface area contributed by atoms with Crippen molar-refractivity contribution in [2.45, 2.75) is 0 Å². The largest absolute Gasteiger partial charge is 0.494 e. The average Bonchev–Trinajstić information content (AvgIpc) is 3.19. The Balaban J connectivity index is 1.65. The molecule has 1 fully saturated rings. The SMILES string of the molecule is COc1cc(N2CCOCC2)ccc1-n1cc(-c2ccccc2)nn1. The van der Waals surface area contributed by atoms with Gasteiger partial charge < -0.3 is 14.4 Å². The summed E-state index contributed by atoms with van der Waals surface area (Å²) in [6, 6.07) is 16.2. The zero-order valence-electron chi connectivity index (χ0n) is 14.1. The van der Waals surface area contributed by atoms with Crippen LogP contribution in [-0.2, 0) is 4.74 Å². The molecule has 1 aliphatic rings. The van der Waals surface area contributed by atoms with E-state index in [0.717, 1.165) is 54.7 Å². The predicted octanol–water partition coefficient (Wildman–Crippen LogP) is 2.78. The number of rotatable bonds is 4. The van der Waals surface area contributed by atoms with Crippen molar-refractivity contribution < 1.29 is 9.47 Å². The first kappa shape index (κ1) is 15.7. The van der Waals surface area contributed by atoms with Gasteiger partial charge in [-0.05, 0) is 12.1 Å². The van der Waals surface area contributed by atoms with Gasteiger partial charge in [0.15, 0.2) is 0 Å². The van der Waals surface area contributed by atoms with Crippen molar-refractivity contribution in [2.75, 3.05) is 38.3 Å². The summed E-state index contributed by atoms with van der Waals surface area (Å²) in [5.74, 6) is 0.772. The lowest BCUT2D eigenvalue weighted by molar-refractivity contribution is 0.122. The Morgan fingerprint density at radius 1 is 1.04 bits per heavy atom. The van der Waals surface area contributed by atoms with Crippen LogP contribution in [0.1, 0.15) is 0 Å². The number of benzene rings is 2. The number of methoxy groups -OCH3 is 1. The second-order valence-corrected chi connectivity index (χ2v) is 5.87. The van der Waals surface area contributed by atoms with Gasteiger partial charge in [0.1, 0.15) is 17.1 Å². The van der Waals surface area contributed by atoms with E-state index in [4.69, 9.17) is 9.47 Å². The fourth-order valence-corrected chi connectivity index (χ4v) is 3.00. The van der Waals surface area contributed by atoms with Crippen LogP contribution in [0.3, 0.4) is 0 Å². The van der Waals surface area contributed by atoms with Gasteiger partial charge in [0.25, 0.3) is 0 Å². The maximum absolute atomic E-state index is 5.60. The van der Waals surface area contributed by atoms with E-state index >= 15 is 0 Å². The van der Waals surface area contributed by atoms with Crippen LogP contribution in [0, 0.1) is 0 Å². The zero-order chi connectivity index (χ0) is 17.1. The normalized spacial score (nSPS) is 14.5. The molecule has 1 saturated heterocycles. The van der Waals surface area contributed by atoms with Crippen LogP contribution >= 0.6 is 0 Å². The number of anilines is 1. The van der Waals surface area contributed by atoms with Crippen LogP contribution in [0.25, 0.3) is 16.9 Å². The molecular formula is C19H20N4O2. The van der Waals surface area contributed by atoms with Gasteiger partial charge in [-0.15, -0.1) is 5.10 Å². The molecule has 3 aromatic rings. The minimum Gasteiger partial charge on any atom is -0.494 e. The number of aromatic nitrogens is 3. The maximum atomic E-state index is 5.60. The topological polar surface area (TPSA) is 52.4 Å². The lowest BCUT2D eigenvalue weighted by Gasteiger charge is -2.29. The van der Waals surface area contributed by atoms with Crippen molar-refractivity contribution >= 4 is 5.69 Å². The molecule has 2 heterocycles. The Morgan fingerprint density at radius 3 is 2.60 bits per heavy atom. The molecule has 0 atom stereocenters. The standard InChI is InChI=1S/C19H20N4O2/c1-24-19-13-16(22-9-11-25-12-10-22)7-8-18(19)23-14-17(20-21-23)15-5-3-2-4-6-15/h2-8,13-14H,9-12H2,1H3. The summed E-state index contributed by atoms with van der Waals surface area (Å²) in [5.41, 5.74) is 3.87. The van der Waals surface area contributed by atoms with Crippen molar-refractivity contribution in [3.05, 3.63) is 54.7 Å². The van der Waals surface area contributed by atoms with Gasteiger partial charge in [0, 0.05) is 30.4 Å². The third-order valence-electron chi connectivity index (χ3n) is 4.35. The fourth-order valence-electron chi connectivity index (χ4n) is 3.00. The summed E-state index contributed by atoms with van der Waals surface area (Å²) in [5, 5.41) is 8.55. The van der Waals surface area contributed by atoms with Crippen LogP contribution in [0.15, 0.2) is 54.7 Å². The Labute approximate surface area is 146 Å². The molecule has 0 unspecified atom stereocenters. The van der Waals surface area contributed by atoms with Crippen molar-refractivity contribution in [3.63, 3.8) is 0 Å². The van der Waals surface area contributed by atoms with E-state index in [9.17, 15) is 0 Å². The molecule has 0 saturated carbocycles. The quantitative estimate of drug-likeness (QED) is 0.733. The Morgan fingerprint density at radius 2 is 1.84 bits per heavy atom. The first-order valence-electron chi connectivity index (χ1n) is 8.34. The van der Waals surface area contributed by atoms with Crippen molar-refractivity contribution in [2.24, 2.45) is 0 Å².